The van der Waals surface area contributed by atoms with Gasteiger partial charge < -0.3 is 19.4 Å². The Morgan fingerprint density at radius 2 is 1.84 bits per heavy atom. The number of piperidine rings is 1. The number of aryl methyl sites for hydroxylation is 1. The fourth-order valence-corrected chi connectivity index (χ4v) is 5.56. The number of likely N-dealkylation sites (N-methyl/N-ethyl adjacent to an activating group) is 1. The van der Waals surface area contributed by atoms with Gasteiger partial charge in [-0.1, -0.05) is 31.5 Å². The normalized spacial score (nSPS) is 20.9. The summed E-state index contributed by atoms with van der Waals surface area (Å²) in [4.78, 5) is 33.2. The molecule has 0 bridgehead atoms. The van der Waals surface area contributed by atoms with Crippen LogP contribution in [0.3, 0.4) is 0 Å². The quantitative estimate of drug-likeness (QED) is 0.521. The first-order chi connectivity index (χ1) is 17.6. The molecule has 2 aromatic rings. The summed E-state index contributed by atoms with van der Waals surface area (Å²) in [5.74, 6) is 1.23. The molecule has 1 aromatic heterocycles. The van der Waals surface area contributed by atoms with Gasteiger partial charge in [-0.05, 0) is 56.5 Å². The molecule has 37 heavy (non-hydrogen) atoms. The molecule has 3 heterocycles. The summed E-state index contributed by atoms with van der Waals surface area (Å²) in [7, 11) is 3.91. The van der Waals surface area contributed by atoms with Crippen molar-refractivity contribution in [3.63, 3.8) is 0 Å². The number of benzene rings is 1. The van der Waals surface area contributed by atoms with Crippen molar-refractivity contribution < 1.29 is 14.3 Å². The summed E-state index contributed by atoms with van der Waals surface area (Å²) in [6.07, 6.45) is 2.82. The Morgan fingerprint density at radius 3 is 2.54 bits per heavy atom. The van der Waals surface area contributed by atoms with Gasteiger partial charge in [-0.25, -0.2) is 0 Å². The van der Waals surface area contributed by atoms with E-state index >= 15 is 0 Å². The lowest BCUT2D eigenvalue weighted by Crippen LogP contribution is -2.53. The zero-order valence-corrected chi connectivity index (χ0v) is 23.3. The minimum absolute atomic E-state index is 0.0381. The van der Waals surface area contributed by atoms with Gasteiger partial charge in [0.25, 0.3) is 5.91 Å². The van der Waals surface area contributed by atoms with Crippen molar-refractivity contribution >= 4 is 23.4 Å². The van der Waals surface area contributed by atoms with Gasteiger partial charge in [0.2, 0.25) is 5.91 Å². The van der Waals surface area contributed by atoms with Crippen molar-refractivity contribution in [2.75, 3.05) is 52.9 Å². The summed E-state index contributed by atoms with van der Waals surface area (Å²) in [5.41, 5.74) is 1.04. The molecule has 2 aliphatic heterocycles. The number of amides is 2. The van der Waals surface area contributed by atoms with E-state index in [1.807, 2.05) is 41.1 Å². The number of aromatic nitrogens is 2. The van der Waals surface area contributed by atoms with E-state index in [2.05, 4.69) is 30.9 Å². The topological polar surface area (TPSA) is 70.9 Å². The molecule has 2 amide bonds. The highest BCUT2D eigenvalue weighted by Gasteiger charge is 2.41. The second kappa shape index (κ2) is 11.9. The SMILES string of the molecule is CC(C)Cc1cc(C(=O)N2CCC[C@](COc3cccc(Cl)c3)(CC(=O)N3CCN(C)CC3)C2)n(C)n1. The molecule has 202 valence electrons. The van der Waals surface area contributed by atoms with Crippen molar-refractivity contribution in [2.24, 2.45) is 18.4 Å². The molecule has 0 unspecified atom stereocenters. The lowest BCUT2D eigenvalue weighted by Gasteiger charge is -2.43. The smallest absolute Gasteiger partial charge is 0.272 e. The maximum absolute atomic E-state index is 13.7. The summed E-state index contributed by atoms with van der Waals surface area (Å²) < 4.78 is 7.91. The molecule has 2 fully saturated rings. The molecule has 0 N–H and O–H groups in total. The highest BCUT2D eigenvalue weighted by atomic mass is 35.5. The number of hydrogen-bond acceptors (Lipinski definition) is 5. The first-order valence-corrected chi connectivity index (χ1v) is 13.7. The van der Waals surface area contributed by atoms with Gasteiger partial charge in [0.1, 0.15) is 11.4 Å². The minimum Gasteiger partial charge on any atom is -0.493 e. The molecule has 2 aliphatic rings. The van der Waals surface area contributed by atoms with Gasteiger partial charge in [0.15, 0.2) is 0 Å². The Balaban J connectivity index is 1.53. The van der Waals surface area contributed by atoms with Crippen LogP contribution in [0.1, 0.15) is 49.3 Å². The zero-order valence-electron chi connectivity index (χ0n) is 22.6. The van der Waals surface area contributed by atoms with E-state index in [4.69, 9.17) is 16.3 Å². The van der Waals surface area contributed by atoms with Crippen LogP contribution in [-0.2, 0) is 18.3 Å². The Labute approximate surface area is 225 Å². The van der Waals surface area contributed by atoms with Crippen LogP contribution in [-0.4, -0.2) is 89.2 Å². The lowest BCUT2D eigenvalue weighted by molar-refractivity contribution is -0.137. The highest BCUT2D eigenvalue weighted by molar-refractivity contribution is 6.30. The predicted octanol–water partition coefficient (Wildman–Crippen LogP) is 3.74. The highest BCUT2D eigenvalue weighted by Crippen LogP contribution is 2.36. The number of carbonyl (C=O) groups is 2. The fourth-order valence-electron chi connectivity index (χ4n) is 5.38. The third-order valence-electron chi connectivity index (χ3n) is 7.44. The second-order valence-corrected chi connectivity index (χ2v) is 11.6. The number of ether oxygens (including phenoxy) is 1. The molecule has 2 saturated heterocycles. The Morgan fingerprint density at radius 1 is 1.08 bits per heavy atom. The molecule has 0 aliphatic carbocycles. The number of likely N-dealkylation sites (tertiary alicyclic amines) is 1. The Kier molecular flexibility index (Phi) is 8.80. The summed E-state index contributed by atoms with van der Waals surface area (Å²) >= 11 is 6.17. The Bertz CT molecular complexity index is 1100. The zero-order chi connectivity index (χ0) is 26.6. The van der Waals surface area contributed by atoms with Gasteiger partial charge in [0.05, 0.1) is 12.3 Å². The number of rotatable bonds is 8. The van der Waals surface area contributed by atoms with E-state index < -0.39 is 5.41 Å². The van der Waals surface area contributed by atoms with Crippen LogP contribution < -0.4 is 4.74 Å². The predicted molar refractivity (Wildman–Crippen MR) is 145 cm³/mol. The van der Waals surface area contributed by atoms with E-state index in [0.29, 0.717) is 48.5 Å². The van der Waals surface area contributed by atoms with Gasteiger partial charge >= 0.3 is 0 Å². The molecule has 1 atom stereocenters. The average Bonchev–Trinajstić information content (AvgIpc) is 3.22. The van der Waals surface area contributed by atoms with Crippen molar-refractivity contribution in [3.8, 4) is 5.75 Å². The summed E-state index contributed by atoms with van der Waals surface area (Å²) in [5, 5.41) is 5.18. The first-order valence-electron chi connectivity index (χ1n) is 13.3. The molecule has 8 nitrogen and oxygen atoms in total. The van der Waals surface area contributed by atoms with Crippen LogP contribution in [0.25, 0.3) is 0 Å². The molecule has 0 spiro atoms. The molecule has 1 aromatic carbocycles. The van der Waals surface area contributed by atoms with Gasteiger partial charge in [-0.3, -0.25) is 14.3 Å². The van der Waals surface area contributed by atoms with Crippen molar-refractivity contribution in [1.29, 1.82) is 0 Å². The van der Waals surface area contributed by atoms with Crippen LogP contribution in [0.5, 0.6) is 5.75 Å². The number of halogens is 1. The van der Waals surface area contributed by atoms with Gasteiger partial charge in [0, 0.05) is 63.2 Å². The molecule has 4 rings (SSSR count). The van der Waals surface area contributed by atoms with E-state index in [-0.39, 0.29) is 11.8 Å². The number of hydrogen-bond donors (Lipinski definition) is 0. The Hall–Kier alpha value is -2.58. The second-order valence-electron chi connectivity index (χ2n) is 11.2. The molecular weight excluding hydrogens is 490 g/mol. The van der Waals surface area contributed by atoms with Gasteiger partial charge in [-0.2, -0.15) is 5.10 Å². The van der Waals surface area contributed by atoms with Crippen LogP contribution >= 0.6 is 11.6 Å². The minimum atomic E-state index is -0.476. The third kappa shape index (κ3) is 7.05. The molecule has 0 saturated carbocycles. The maximum atomic E-state index is 13.7. The molecule has 9 heteroatoms. The van der Waals surface area contributed by atoms with E-state index in [0.717, 1.165) is 51.1 Å². The van der Waals surface area contributed by atoms with Crippen LogP contribution in [0.4, 0.5) is 0 Å². The number of nitrogens with zero attached hydrogens (tertiary/aromatic N) is 5. The monoisotopic (exact) mass is 529 g/mol. The molecular formula is C28H40ClN5O3. The third-order valence-corrected chi connectivity index (χ3v) is 7.67. The van der Waals surface area contributed by atoms with Crippen molar-refractivity contribution in [1.82, 2.24) is 24.5 Å². The largest absolute Gasteiger partial charge is 0.493 e. The average molecular weight is 530 g/mol. The maximum Gasteiger partial charge on any atom is 0.272 e. The number of carbonyl (C=O) groups excluding carboxylic acids is 2. The molecule has 0 radical (unpaired) electrons. The van der Waals surface area contributed by atoms with E-state index in [9.17, 15) is 9.59 Å². The van der Waals surface area contributed by atoms with Crippen molar-refractivity contribution in [2.45, 2.75) is 39.5 Å². The summed E-state index contributed by atoms with van der Waals surface area (Å²) in [6, 6.07) is 9.24. The first kappa shape index (κ1) is 27.5. The van der Waals surface area contributed by atoms with E-state index in [1.165, 1.54) is 0 Å². The fraction of sp³-hybridized carbons (Fsp3) is 0.607. The standard InChI is InChI=1S/C28H40ClN5O3/c1-21(2)15-23-17-25(32(4)30-23)27(36)34-10-6-9-28(19-34,20-37-24-8-5-7-22(29)16-24)18-26(35)33-13-11-31(3)12-14-33/h5,7-8,16-17,21H,6,9-15,18-20H2,1-4H3/t28-/m0/s1. The lowest BCUT2D eigenvalue weighted by atomic mass is 9.77. The van der Waals surface area contributed by atoms with Gasteiger partial charge in [-0.15, -0.1) is 0 Å². The number of piperazine rings is 1. The van der Waals surface area contributed by atoms with E-state index in [1.54, 1.807) is 10.7 Å². The van der Waals surface area contributed by atoms with Crippen LogP contribution in [0.15, 0.2) is 30.3 Å². The summed E-state index contributed by atoms with van der Waals surface area (Å²) in [6.45, 7) is 8.98. The van der Waals surface area contributed by atoms with Crippen molar-refractivity contribution in [3.05, 3.63) is 46.7 Å². The van der Waals surface area contributed by atoms with Crippen LogP contribution in [0, 0.1) is 11.3 Å². The van der Waals surface area contributed by atoms with Crippen LogP contribution in [0.2, 0.25) is 5.02 Å².